The van der Waals surface area contributed by atoms with Crippen LogP contribution in [0.5, 0.6) is 0 Å². The maximum Gasteiger partial charge on any atom is 0.240 e. The van der Waals surface area contributed by atoms with Crippen molar-refractivity contribution in [2.75, 3.05) is 6.54 Å². The molecule has 6 nitrogen and oxygen atoms in total. The highest BCUT2D eigenvalue weighted by Gasteiger charge is 2.16. The number of sulfonamides is 1. The van der Waals surface area contributed by atoms with Gasteiger partial charge in [-0.2, -0.15) is 0 Å². The lowest BCUT2D eigenvalue weighted by Gasteiger charge is -2.11. The highest BCUT2D eigenvalue weighted by Crippen LogP contribution is 2.23. The molecule has 0 amide bonds. The number of fused-ring (bicyclic) bond motifs is 1. The second kappa shape index (κ2) is 7.53. The minimum atomic E-state index is -3.55. The number of nitrogens with one attached hydrogen (secondary N) is 1. The topological polar surface area (TPSA) is 76.9 Å². The molecule has 0 aliphatic rings. The number of nitrogens with zero attached hydrogens (tertiary/aromatic N) is 3. The number of aryl methyl sites for hydroxylation is 1. The number of hydrogen-bond acceptors (Lipinski definition) is 4. The van der Waals surface area contributed by atoms with Crippen LogP contribution in [0.4, 0.5) is 0 Å². The molecular weight excluding hydrogens is 372 g/mol. The molecule has 0 saturated heterocycles. The Bertz CT molecular complexity index is 1200. The van der Waals surface area contributed by atoms with Crippen LogP contribution >= 0.6 is 0 Å². The van der Waals surface area contributed by atoms with Gasteiger partial charge in [0.2, 0.25) is 10.0 Å². The molecule has 142 valence electrons. The zero-order chi connectivity index (χ0) is 19.6. The Kier molecular flexibility index (Phi) is 4.93. The van der Waals surface area contributed by atoms with Gasteiger partial charge < -0.3 is 4.57 Å². The van der Waals surface area contributed by atoms with Crippen molar-refractivity contribution in [2.24, 2.45) is 0 Å². The van der Waals surface area contributed by atoms with Gasteiger partial charge in [-0.25, -0.2) is 23.1 Å². The average molecular weight is 392 g/mol. The second-order valence-corrected chi connectivity index (χ2v) is 8.28. The highest BCUT2D eigenvalue weighted by molar-refractivity contribution is 7.89. The molecule has 0 aliphatic heterocycles. The molecule has 4 aromatic rings. The molecule has 2 aromatic carbocycles. The van der Waals surface area contributed by atoms with E-state index in [1.165, 1.54) is 5.56 Å². The molecule has 0 atom stereocenters. The SMILES string of the molecule is Cc1ccc(-c2nc3cccnc3n2CCNS(=O)(=O)c2ccccc2)cc1. The fourth-order valence-corrected chi connectivity index (χ4v) is 4.11. The first kappa shape index (κ1) is 18.3. The molecule has 0 fully saturated rings. The van der Waals surface area contributed by atoms with Crippen LogP contribution in [0.25, 0.3) is 22.6 Å². The standard InChI is InChI=1S/C21H20N4O2S/c1-16-9-11-17(12-10-16)20-24-19-8-5-13-22-21(19)25(20)15-14-23-28(26,27)18-6-3-2-4-7-18/h2-13,23H,14-15H2,1H3. The molecule has 7 heteroatoms. The normalized spacial score (nSPS) is 11.8. The van der Waals surface area contributed by atoms with Crippen molar-refractivity contribution in [3.63, 3.8) is 0 Å². The third kappa shape index (κ3) is 3.67. The van der Waals surface area contributed by atoms with Crippen LogP contribution < -0.4 is 4.72 Å². The number of aromatic nitrogens is 3. The smallest absolute Gasteiger partial charge is 0.240 e. The molecule has 2 heterocycles. The fourth-order valence-electron chi connectivity index (χ4n) is 3.07. The molecule has 0 spiro atoms. The van der Waals surface area contributed by atoms with Gasteiger partial charge in [0.05, 0.1) is 4.90 Å². The van der Waals surface area contributed by atoms with Gasteiger partial charge in [-0.15, -0.1) is 0 Å². The fraction of sp³-hybridized carbons (Fsp3) is 0.143. The van der Waals surface area contributed by atoms with Crippen molar-refractivity contribution in [1.82, 2.24) is 19.3 Å². The van der Waals surface area contributed by atoms with Crippen molar-refractivity contribution in [3.05, 3.63) is 78.5 Å². The quantitative estimate of drug-likeness (QED) is 0.546. The zero-order valence-electron chi connectivity index (χ0n) is 15.4. The van der Waals surface area contributed by atoms with E-state index in [9.17, 15) is 8.42 Å². The van der Waals surface area contributed by atoms with Crippen molar-refractivity contribution in [1.29, 1.82) is 0 Å². The van der Waals surface area contributed by atoms with Gasteiger partial charge >= 0.3 is 0 Å². The van der Waals surface area contributed by atoms with Gasteiger partial charge in [-0.05, 0) is 31.2 Å². The molecule has 1 N–H and O–H groups in total. The minimum absolute atomic E-state index is 0.234. The van der Waals surface area contributed by atoms with E-state index in [0.29, 0.717) is 6.54 Å². The minimum Gasteiger partial charge on any atom is -0.307 e. The molecular formula is C21H20N4O2S. The van der Waals surface area contributed by atoms with Crippen LogP contribution in [0.15, 0.2) is 77.8 Å². The monoisotopic (exact) mass is 392 g/mol. The molecule has 0 bridgehead atoms. The first-order valence-electron chi connectivity index (χ1n) is 8.97. The van der Waals surface area contributed by atoms with Gasteiger partial charge in [0, 0.05) is 24.8 Å². The molecule has 0 aliphatic carbocycles. The van der Waals surface area contributed by atoms with E-state index in [1.54, 1.807) is 36.5 Å². The summed E-state index contributed by atoms with van der Waals surface area (Å²) in [5, 5.41) is 0. The largest absolute Gasteiger partial charge is 0.307 e. The maximum atomic E-state index is 12.5. The summed E-state index contributed by atoms with van der Waals surface area (Å²) in [7, 11) is -3.55. The van der Waals surface area contributed by atoms with Gasteiger partial charge in [0.25, 0.3) is 0 Å². The van der Waals surface area contributed by atoms with Crippen LogP contribution in [0.1, 0.15) is 5.56 Å². The van der Waals surface area contributed by atoms with E-state index in [0.717, 1.165) is 22.6 Å². The molecule has 0 unspecified atom stereocenters. The molecule has 28 heavy (non-hydrogen) atoms. The molecule has 4 rings (SSSR count). The summed E-state index contributed by atoms with van der Waals surface area (Å²) < 4.78 is 29.5. The Hall–Kier alpha value is -3.03. The van der Waals surface area contributed by atoms with Gasteiger partial charge in [0.1, 0.15) is 11.3 Å². The number of rotatable bonds is 6. The second-order valence-electron chi connectivity index (χ2n) is 6.51. The lowest BCUT2D eigenvalue weighted by molar-refractivity contribution is 0.574. The Morgan fingerprint density at radius 2 is 1.71 bits per heavy atom. The summed E-state index contributed by atoms with van der Waals surface area (Å²) in [4.78, 5) is 9.40. The average Bonchev–Trinajstić information content (AvgIpc) is 3.08. The molecule has 0 saturated carbocycles. The molecule has 2 aromatic heterocycles. The van der Waals surface area contributed by atoms with Gasteiger partial charge in [0.15, 0.2) is 5.65 Å². The number of hydrogen-bond donors (Lipinski definition) is 1. The van der Waals surface area contributed by atoms with Crippen molar-refractivity contribution < 1.29 is 8.42 Å². The van der Waals surface area contributed by atoms with E-state index in [-0.39, 0.29) is 11.4 Å². The van der Waals surface area contributed by atoms with Crippen LogP contribution in [0.2, 0.25) is 0 Å². The van der Waals surface area contributed by atoms with Crippen LogP contribution in [0.3, 0.4) is 0 Å². The summed E-state index contributed by atoms with van der Waals surface area (Å²) in [6, 6.07) is 20.2. The Morgan fingerprint density at radius 1 is 0.964 bits per heavy atom. The predicted molar refractivity (Wildman–Crippen MR) is 109 cm³/mol. The zero-order valence-corrected chi connectivity index (χ0v) is 16.2. The van der Waals surface area contributed by atoms with E-state index in [2.05, 4.69) is 9.71 Å². The summed E-state index contributed by atoms with van der Waals surface area (Å²) in [5.74, 6) is 0.771. The summed E-state index contributed by atoms with van der Waals surface area (Å²) >= 11 is 0. The van der Waals surface area contributed by atoms with E-state index >= 15 is 0 Å². The third-order valence-electron chi connectivity index (χ3n) is 4.49. The number of pyridine rings is 1. The van der Waals surface area contributed by atoms with Crippen molar-refractivity contribution >= 4 is 21.2 Å². The third-order valence-corrected chi connectivity index (χ3v) is 5.97. The lowest BCUT2D eigenvalue weighted by Crippen LogP contribution is -2.27. The lowest BCUT2D eigenvalue weighted by atomic mass is 10.1. The maximum absolute atomic E-state index is 12.5. The number of imidazole rings is 1. The van der Waals surface area contributed by atoms with Crippen LogP contribution in [0, 0.1) is 6.92 Å². The summed E-state index contributed by atoms with van der Waals surface area (Å²) in [6.07, 6.45) is 1.72. The molecule has 0 radical (unpaired) electrons. The summed E-state index contributed by atoms with van der Waals surface area (Å²) in [5.41, 5.74) is 3.65. The first-order chi connectivity index (χ1) is 13.5. The predicted octanol–water partition coefficient (Wildman–Crippen LogP) is 3.39. The van der Waals surface area contributed by atoms with Crippen molar-refractivity contribution in [3.8, 4) is 11.4 Å². The summed E-state index contributed by atoms with van der Waals surface area (Å²) in [6.45, 7) is 2.69. The van der Waals surface area contributed by atoms with E-state index < -0.39 is 10.0 Å². The number of benzene rings is 2. The Morgan fingerprint density at radius 3 is 2.46 bits per heavy atom. The van der Waals surface area contributed by atoms with E-state index in [1.807, 2.05) is 47.9 Å². The Balaban J connectivity index is 1.63. The van der Waals surface area contributed by atoms with Crippen LogP contribution in [-0.4, -0.2) is 29.5 Å². The van der Waals surface area contributed by atoms with Crippen molar-refractivity contribution in [2.45, 2.75) is 18.4 Å². The Labute approximate surface area is 163 Å². The van der Waals surface area contributed by atoms with E-state index in [4.69, 9.17) is 4.98 Å². The van der Waals surface area contributed by atoms with Crippen LogP contribution in [-0.2, 0) is 16.6 Å². The van der Waals surface area contributed by atoms with Gasteiger partial charge in [-0.1, -0.05) is 48.0 Å². The first-order valence-corrected chi connectivity index (χ1v) is 10.5. The highest BCUT2D eigenvalue weighted by atomic mass is 32.2. The van der Waals surface area contributed by atoms with Gasteiger partial charge in [-0.3, -0.25) is 0 Å².